The highest BCUT2D eigenvalue weighted by Crippen LogP contribution is 2.12. The second-order valence-corrected chi connectivity index (χ2v) is 3.85. The first-order chi connectivity index (χ1) is 8.04. The van der Waals surface area contributed by atoms with Crippen LogP contribution >= 0.6 is 0 Å². The van der Waals surface area contributed by atoms with Crippen molar-refractivity contribution in [1.82, 2.24) is 4.90 Å². The van der Waals surface area contributed by atoms with Gasteiger partial charge in [0, 0.05) is 20.2 Å². The van der Waals surface area contributed by atoms with Crippen molar-refractivity contribution < 1.29 is 19.0 Å². The van der Waals surface area contributed by atoms with Gasteiger partial charge in [0.25, 0.3) is 0 Å². The van der Waals surface area contributed by atoms with Crippen molar-refractivity contribution in [2.75, 3.05) is 27.3 Å². The number of benzene rings is 1. The minimum atomic E-state index is -1.25. The number of carbonyl (C=O) groups is 1. The predicted molar refractivity (Wildman–Crippen MR) is 61.6 cm³/mol. The van der Waals surface area contributed by atoms with Crippen LogP contribution < -0.4 is 0 Å². The fraction of sp³-hybridized carbons (Fsp3) is 0.417. The summed E-state index contributed by atoms with van der Waals surface area (Å²) in [7, 11) is 3.51. The molecule has 0 aromatic heterocycles. The van der Waals surface area contributed by atoms with Crippen LogP contribution in [0.5, 0.6) is 0 Å². The van der Waals surface area contributed by atoms with Crippen molar-refractivity contribution >= 4 is 5.97 Å². The molecule has 0 atom stereocenters. The van der Waals surface area contributed by atoms with Crippen molar-refractivity contribution in [1.29, 1.82) is 0 Å². The average Bonchev–Trinajstić information content (AvgIpc) is 2.26. The Morgan fingerprint density at radius 1 is 1.53 bits per heavy atom. The molecule has 17 heavy (non-hydrogen) atoms. The van der Waals surface area contributed by atoms with E-state index in [1.807, 2.05) is 11.9 Å². The van der Waals surface area contributed by atoms with Crippen LogP contribution in [0, 0.1) is 5.82 Å². The Labute approximate surface area is 99.6 Å². The van der Waals surface area contributed by atoms with E-state index < -0.39 is 11.8 Å². The number of nitrogens with zero attached hydrogens (tertiary/aromatic N) is 1. The molecule has 0 amide bonds. The number of carboxylic acids is 1. The van der Waals surface area contributed by atoms with Crippen LogP contribution in [0.3, 0.4) is 0 Å². The minimum absolute atomic E-state index is 0.298. The number of hydrogen-bond acceptors (Lipinski definition) is 3. The standard InChI is InChI=1S/C12H16FNO3/c1-14(5-6-17-2)8-9-3-4-10(12(15)16)11(13)7-9/h3-4,7H,5-6,8H2,1-2H3,(H,15,16). The molecular formula is C12H16FNO3. The molecule has 0 aliphatic rings. The highest BCUT2D eigenvalue weighted by atomic mass is 19.1. The maximum Gasteiger partial charge on any atom is 0.338 e. The van der Waals surface area contributed by atoms with Crippen molar-refractivity contribution in [3.05, 3.63) is 35.1 Å². The third kappa shape index (κ3) is 4.13. The Morgan fingerprint density at radius 3 is 2.76 bits per heavy atom. The van der Waals surface area contributed by atoms with Crippen LogP contribution in [-0.4, -0.2) is 43.3 Å². The minimum Gasteiger partial charge on any atom is -0.478 e. The van der Waals surface area contributed by atoms with E-state index in [-0.39, 0.29) is 5.56 Å². The number of carboxylic acid groups (broad SMARTS) is 1. The Kier molecular flexibility index (Phi) is 5.06. The van der Waals surface area contributed by atoms with Crippen molar-refractivity contribution in [3.8, 4) is 0 Å². The molecule has 0 unspecified atom stereocenters. The van der Waals surface area contributed by atoms with Gasteiger partial charge in [-0.2, -0.15) is 0 Å². The molecule has 0 bridgehead atoms. The molecule has 0 heterocycles. The first-order valence-corrected chi connectivity index (χ1v) is 5.23. The molecule has 1 aromatic rings. The molecule has 0 fully saturated rings. The van der Waals surface area contributed by atoms with Gasteiger partial charge in [-0.05, 0) is 24.7 Å². The zero-order valence-corrected chi connectivity index (χ0v) is 9.94. The first kappa shape index (κ1) is 13.6. The van der Waals surface area contributed by atoms with Gasteiger partial charge in [-0.25, -0.2) is 9.18 Å². The number of likely N-dealkylation sites (N-methyl/N-ethyl adjacent to an activating group) is 1. The number of halogens is 1. The average molecular weight is 241 g/mol. The Morgan fingerprint density at radius 2 is 2.24 bits per heavy atom. The van der Waals surface area contributed by atoms with Crippen LogP contribution in [0.2, 0.25) is 0 Å². The van der Waals surface area contributed by atoms with Gasteiger partial charge in [-0.3, -0.25) is 4.90 Å². The number of ether oxygens (including phenoxy) is 1. The summed E-state index contributed by atoms with van der Waals surface area (Å²) in [5.74, 6) is -1.95. The lowest BCUT2D eigenvalue weighted by molar-refractivity contribution is 0.0692. The Bertz CT molecular complexity index is 395. The van der Waals surface area contributed by atoms with E-state index in [0.29, 0.717) is 13.2 Å². The molecule has 94 valence electrons. The zero-order valence-electron chi connectivity index (χ0n) is 9.94. The highest BCUT2D eigenvalue weighted by Gasteiger charge is 2.10. The van der Waals surface area contributed by atoms with Crippen LogP contribution in [0.15, 0.2) is 18.2 Å². The molecule has 1 N–H and O–H groups in total. The number of methoxy groups -OCH3 is 1. The quantitative estimate of drug-likeness (QED) is 0.822. The van der Waals surface area contributed by atoms with Gasteiger partial charge in [0.05, 0.1) is 12.2 Å². The summed E-state index contributed by atoms with van der Waals surface area (Å²) < 4.78 is 18.3. The second kappa shape index (κ2) is 6.32. The van der Waals surface area contributed by atoms with Crippen LogP contribution in [0.25, 0.3) is 0 Å². The molecule has 0 spiro atoms. The number of rotatable bonds is 6. The molecule has 1 rings (SSSR count). The fourth-order valence-electron chi connectivity index (χ4n) is 1.47. The van der Waals surface area contributed by atoms with E-state index in [4.69, 9.17) is 9.84 Å². The maximum absolute atomic E-state index is 13.4. The molecule has 0 radical (unpaired) electrons. The monoisotopic (exact) mass is 241 g/mol. The molecule has 4 nitrogen and oxygen atoms in total. The van der Waals surface area contributed by atoms with Gasteiger partial charge >= 0.3 is 5.97 Å². The van der Waals surface area contributed by atoms with Crippen molar-refractivity contribution in [3.63, 3.8) is 0 Å². The molecule has 0 saturated carbocycles. The zero-order chi connectivity index (χ0) is 12.8. The van der Waals surface area contributed by atoms with Gasteiger partial charge in [0.2, 0.25) is 0 Å². The van der Waals surface area contributed by atoms with Crippen molar-refractivity contribution in [2.24, 2.45) is 0 Å². The molecule has 0 aliphatic carbocycles. The number of hydrogen-bond donors (Lipinski definition) is 1. The highest BCUT2D eigenvalue weighted by molar-refractivity contribution is 5.87. The summed E-state index contributed by atoms with van der Waals surface area (Å²) in [5.41, 5.74) is 0.444. The maximum atomic E-state index is 13.4. The molecule has 0 saturated heterocycles. The number of aromatic carboxylic acids is 1. The predicted octanol–water partition coefficient (Wildman–Crippen LogP) is 1.60. The van der Waals surface area contributed by atoms with Gasteiger partial charge in [0.1, 0.15) is 5.82 Å². The molecule has 5 heteroatoms. The molecular weight excluding hydrogens is 225 g/mol. The lowest BCUT2D eigenvalue weighted by Gasteiger charge is -2.16. The Balaban J connectivity index is 2.67. The Hall–Kier alpha value is -1.46. The summed E-state index contributed by atoms with van der Waals surface area (Å²) in [6, 6.07) is 4.17. The van der Waals surface area contributed by atoms with E-state index in [1.54, 1.807) is 13.2 Å². The topological polar surface area (TPSA) is 49.8 Å². The lowest BCUT2D eigenvalue weighted by Crippen LogP contribution is -2.22. The van der Waals surface area contributed by atoms with Gasteiger partial charge in [-0.1, -0.05) is 6.07 Å². The molecule has 1 aromatic carbocycles. The lowest BCUT2D eigenvalue weighted by atomic mass is 10.1. The second-order valence-electron chi connectivity index (χ2n) is 3.85. The summed E-state index contributed by atoms with van der Waals surface area (Å²) in [6.07, 6.45) is 0. The summed E-state index contributed by atoms with van der Waals surface area (Å²) in [5, 5.41) is 8.69. The van der Waals surface area contributed by atoms with Gasteiger partial charge in [-0.15, -0.1) is 0 Å². The first-order valence-electron chi connectivity index (χ1n) is 5.23. The normalized spacial score (nSPS) is 10.8. The SMILES string of the molecule is COCCN(C)Cc1ccc(C(=O)O)c(F)c1. The van der Waals surface area contributed by atoms with Gasteiger partial charge in [0.15, 0.2) is 0 Å². The van der Waals surface area contributed by atoms with Crippen molar-refractivity contribution in [2.45, 2.75) is 6.54 Å². The summed E-state index contributed by atoms with van der Waals surface area (Å²) in [4.78, 5) is 12.6. The van der Waals surface area contributed by atoms with Crippen LogP contribution in [-0.2, 0) is 11.3 Å². The molecule has 0 aliphatic heterocycles. The van der Waals surface area contributed by atoms with E-state index >= 15 is 0 Å². The third-order valence-corrected chi connectivity index (χ3v) is 2.39. The van der Waals surface area contributed by atoms with Crippen LogP contribution in [0.1, 0.15) is 15.9 Å². The smallest absolute Gasteiger partial charge is 0.338 e. The van der Waals surface area contributed by atoms with E-state index in [0.717, 1.165) is 12.1 Å². The van der Waals surface area contributed by atoms with E-state index in [1.165, 1.54) is 12.1 Å². The summed E-state index contributed by atoms with van der Waals surface area (Å²) in [6.45, 7) is 1.89. The van der Waals surface area contributed by atoms with Crippen LogP contribution in [0.4, 0.5) is 4.39 Å². The van der Waals surface area contributed by atoms with E-state index in [2.05, 4.69) is 0 Å². The third-order valence-electron chi connectivity index (χ3n) is 2.39. The van der Waals surface area contributed by atoms with Gasteiger partial charge < -0.3 is 9.84 Å². The summed E-state index contributed by atoms with van der Waals surface area (Å²) >= 11 is 0. The fourth-order valence-corrected chi connectivity index (χ4v) is 1.47. The van der Waals surface area contributed by atoms with E-state index in [9.17, 15) is 9.18 Å². The largest absolute Gasteiger partial charge is 0.478 e.